The Morgan fingerprint density at radius 1 is 1.12 bits per heavy atom. The Morgan fingerprint density at radius 3 is 2.53 bits per heavy atom. The zero-order valence-electron chi connectivity index (χ0n) is 9.70. The highest BCUT2D eigenvalue weighted by Crippen LogP contribution is 2.31. The zero-order chi connectivity index (χ0) is 12.4. The molecule has 1 N–H and O–H groups in total. The van der Waals surface area contributed by atoms with Gasteiger partial charge in [0.05, 0.1) is 7.11 Å². The SMILES string of the molecule is COc1cc(O)cc(-c2ccc(Cl)cc2C)c1. The smallest absolute Gasteiger partial charge is 0.123 e. The zero-order valence-corrected chi connectivity index (χ0v) is 10.5. The van der Waals surface area contributed by atoms with Gasteiger partial charge in [0.2, 0.25) is 0 Å². The van der Waals surface area contributed by atoms with E-state index in [0.717, 1.165) is 16.7 Å². The molecule has 0 aromatic heterocycles. The van der Waals surface area contributed by atoms with Crippen LogP contribution in [0.2, 0.25) is 5.02 Å². The van der Waals surface area contributed by atoms with Gasteiger partial charge in [0.25, 0.3) is 0 Å². The predicted molar refractivity (Wildman–Crippen MR) is 69.8 cm³/mol. The Hall–Kier alpha value is -1.67. The van der Waals surface area contributed by atoms with Crippen LogP contribution in [0, 0.1) is 6.92 Å². The normalized spacial score (nSPS) is 10.3. The molecule has 0 radical (unpaired) electrons. The van der Waals surface area contributed by atoms with Gasteiger partial charge in [0, 0.05) is 11.1 Å². The first-order valence-corrected chi connectivity index (χ1v) is 5.62. The number of rotatable bonds is 2. The van der Waals surface area contributed by atoms with Crippen LogP contribution in [-0.2, 0) is 0 Å². The van der Waals surface area contributed by atoms with Crippen molar-refractivity contribution in [3.05, 3.63) is 47.0 Å². The van der Waals surface area contributed by atoms with Gasteiger partial charge in [-0.2, -0.15) is 0 Å². The Morgan fingerprint density at radius 2 is 1.88 bits per heavy atom. The van der Waals surface area contributed by atoms with Gasteiger partial charge < -0.3 is 9.84 Å². The molecule has 0 saturated heterocycles. The van der Waals surface area contributed by atoms with E-state index in [0.29, 0.717) is 10.8 Å². The van der Waals surface area contributed by atoms with Crippen molar-refractivity contribution in [3.63, 3.8) is 0 Å². The van der Waals surface area contributed by atoms with Crippen molar-refractivity contribution in [2.45, 2.75) is 6.92 Å². The molecule has 3 heteroatoms. The maximum Gasteiger partial charge on any atom is 0.123 e. The highest BCUT2D eigenvalue weighted by Gasteiger charge is 2.06. The summed E-state index contributed by atoms with van der Waals surface area (Å²) in [7, 11) is 1.58. The van der Waals surface area contributed by atoms with E-state index in [1.807, 2.05) is 31.2 Å². The van der Waals surface area contributed by atoms with Crippen molar-refractivity contribution in [1.29, 1.82) is 0 Å². The van der Waals surface area contributed by atoms with Crippen molar-refractivity contribution < 1.29 is 9.84 Å². The van der Waals surface area contributed by atoms with Gasteiger partial charge in [0.1, 0.15) is 11.5 Å². The third kappa shape index (κ3) is 2.53. The average molecular weight is 249 g/mol. The van der Waals surface area contributed by atoms with Crippen molar-refractivity contribution in [3.8, 4) is 22.6 Å². The summed E-state index contributed by atoms with van der Waals surface area (Å²) in [4.78, 5) is 0. The Bertz CT molecular complexity index is 550. The van der Waals surface area contributed by atoms with Crippen LogP contribution < -0.4 is 4.74 Å². The molecule has 2 rings (SSSR count). The summed E-state index contributed by atoms with van der Waals surface area (Å²) in [5, 5.41) is 10.3. The van der Waals surface area contributed by atoms with Crippen LogP contribution in [0.25, 0.3) is 11.1 Å². The minimum Gasteiger partial charge on any atom is -0.508 e. The molecule has 0 unspecified atom stereocenters. The number of methoxy groups -OCH3 is 1. The van der Waals surface area contributed by atoms with E-state index in [4.69, 9.17) is 16.3 Å². The lowest BCUT2D eigenvalue weighted by atomic mass is 10.0. The molecule has 0 aliphatic heterocycles. The summed E-state index contributed by atoms with van der Waals surface area (Å²) >= 11 is 5.92. The maximum absolute atomic E-state index is 9.63. The van der Waals surface area contributed by atoms with E-state index in [1.165, 1.54) is 0 Å². The van der Waals surface area contributed by atoms with E-state index in [9.17, 15) is 5.11 Å². The first kappa shape index (κ1) is 11.8. The maximum atomic E-state index is 9.63. The van der Waals surface area contributed by atoms with Gasteiger partial charge in [0.15, 0.2) is 0 Å². The largest absolute Gasteiger partial charge is 0.508 e. The monoisotopic (exact) mass is 248 g/mol. The first-order valence-electron chi connectivity index (χ1n) is 5.25. The van der Waals surface area contributed by atoms with E-state index >= 15 is 0 Å². The molecule has 88 valence electrons. The molecule has 0 atom stereocenters. The van der Waals surface area contributed by atoms with E-state index < -0.39 is 0 Å². The topological polar surface area (TPSA) is 29.5 Å². The molecule has 0 aliphatic rings. The molecular weight excluding hydrogens is 236 g/mol. The summed E-state index contributed by atoms with van der Waals surface area (Å²) in [6.07, 6.45) is 0. The van der Waals surface area contributed by atoms with Crippen LogP contribution in [0.3, 0.4) is 0 Å². The van der Waals surface area contributed by atoms with Crippen molar-refractivity contribution in [2.24, 2.45) is 0 Å². The lowest BCUT2D eigenvalue weighted by Gasteiger charge is -2.09. The van der Waals surface area contributed by atoms with E-state index in [-0.39, 0.29) is 5.75 Å². The minimum atomic E-state index is 0.189. The minimum absolute atomic E-state index is 0.189. The Labute approximate surface area is 105 Å². The Balaban J connectivity index is 2.55. The summed E-state index contributed by atoms with van der Waals surface area (Å²) in [6, 6.07) is 10.8. The number of benzene rings is 2. The predicted octanol–water partition coefficient (Wildman–Crippen LogP) is 4.03. The summed E-state index contributed by atoms with van der Waals surface area (Å²) in [6.45, 7) is 1.98. The molecule has 0 aliphatic carbocycles. The fourth-order valence-corrected chi connectivity index (χ4v) is 2.03. The van der Waals surface area contributed by atoms with Crippen molar-refractivity contribution in [2.75, 3.05) is 7.11 Å². The van der Waals surface area contributed by atoms with Gasteiger partial charge >= 0.3 is 0 Å². The van der Waals surface area contributed by atoms with E-state index in [2.05, 4.69) is 0 Å². The third-order valence-corrected chi connectivity index (χ3v) is 2.86. The number of aryl methyl sites for hydroxylation is 1. The molecule has 0 heterocycles. The lowest BCUT2D eigenvalue weighted by molar-refractivity contribution is 0.408. The second-order valence-corrected chi connectivity index (χ2v) is 4.32. The number of aromatic hydroxyl groups is 1. The second kappa shape index (κ2) is 4.68. The van der Waals surface area contributed by atoms with E-state index in [1.54, 1.807) is 19.2 Å². The highest BCUT2D eigenvalue weighted by atomic mass is 35.5. The number of halogens is 1. The van der Waals surface area contributed by atoms with Gasteiger partial charge in [-0.1, -0.05) is 17.7 Å². The second-order valence-electron chi connectivity index (χ2n) is 3.88. The number of phenols is 1. The molecule has 2 nitrogen and oxygen atoms in total. The van der Waals surface area contributed by atoms with Crippen LogP contribution in [-0.4, -0.2) is 12.2 Å². The average Bonchev–Trinajstić information content (AvgIpc) is 2.28. The van der Waals surface area contributed by atoms with Crippen LogP contribution in [0.5, 0.6) is 11.5 Å². The molecule has 0 amide bonds. The number of hydrogen-bond acceptors (Lipinski definition) is 2. The Kier molecular flexibility index (Phi) is 3.25. The molecule has 0 spiro atoms. The van der Waals surface area contributed by atoms with Gasteiger partial charge in [-0.15, -0.1) is 0 Å². The first-order chi connectivity index (χ1) is 8.10. The fourth-order valence-electron chi connectivity index (χ4n) is 1.81. The van der Waals surface area contributed by atoms with Gasteiger partial charge in [-0.25, -0.2) is 0 Å². The molecule has 2 aromatic rings. The summed E-state index contributed by atoms with van der Waals surface area (Å²) in [5.41, 5.74) is 3.00. The standard InChI is InChI=1S/C14H13ClO2/c1-9-5-11(15)3-4-14(9)10-6-12(16)8-13(7-10)17-2/h3-8,16H,1-2H3. The van der Waals surface area contributed by atoms with Gasteiger partial charge in [-0.3, -0.25) is 0 Å². The summed E-state index contributed by atoms with van der Waals surface area (Å²) in [5.74, 6) is 0.822. The lowest BCUT2D eigenvalue weighted by Crippen LogP contribution is -1.87. The number of ether oxygens (including phenoxy) is 1. The molecule has 0 saturated carbocycles. The molecular formula is C14H13ClO2. The molecule has 0 bridgehead atoms. The molecule has 2 aromatic carbocycles. The highest BCUT2D eigenvalue weighted by molar-refractivity contribution is 6.30. The number of hydrogen-bond donors (Lipinski definition) is 1. The van der Waals surface area contributed by atoms with Gasteiger partial charge in [-0.05, 0) is 47.9 Å². The molecule has 17 heavy (non-hydrogen) atoms. The van der Waals surface area contributed by atoms with Crippen molar-refractivity contribution in [1.82, 2.24) is 0 Å². The van der Waals surface area contributed by atoms with Crippen LogP contribution in [0.1, 0.15) is 5.56 Å². The quantitative estimate of drug-likeness (QED) is 0.870. The van der Waals surface area contributed by atoms with Crippen LogP contribution in [0.4, 0.5) is 0 Å². The fraction of sp³-hybridized carbons (Fsp3) is 0.143. The van der Waals surface area contributed by atoms with Crippen LogP contribution >= 0.6 is 11.6 Å². The molecule has 0 fully saturated rings. The number of phenolic OH excluding ortho intramolecular Hbond substituents is 1. The summed E-state index contributed by atoms with van der Waals surface area (Å²) < 4.78 is 5.13. The third-order valence-electron chi connectivity index (χ3n) is 2.63. The van der Waals surface area contributed by atoms with Crippen molar-refractivity contribution >= 4 is 11.6 Å². The van der Waals surface area contributed by atoms with Crippen LogP contribution in [0.15, 0.2) is 36.4 Å².